The molecule has 6 nitrogen and oxygen atoms in total. The Morgan fingerprint density at radius 3 is 2.44 bits per heavy atom. The van der Waals surface area contributed by atoms with Crippen molar-refractivity contribution in [1.29, 1.82) is 0 Å². The number of nitrogens with zero attached hydrogens (tertiary/aromatic N) is 1. The average Bonchev–Trinajstić information content (AvgIpc) is 3.48. The molecule has 0 spiro atoms. The third-order valence-electron chi connectivity index (χ3n) is 8.17. The van der Waals surface area contributed by atoms with Gasteiger partial charge in [-0.15, -0.1) is 11.8 Å². The van der Waals surface area contributed by atoms with E-state index in [9.17, 15) is 22.8 Å². The Hall–Kier alpha value is -4.00. The molecule has 0 radical (unpaired) electrons. The van der Waals surface area contributed by atoms with Crippen molar-refractivity contribution in [3.63, 3.8) is 0 Å². The predicted molar refractivity (Wildman–Crippen MR) is 175 cm³/mol. The molecule has 48 heavy (non-hydrogen) atoms. The number of benzene rings is 3. The highest BCUT2D eigenvalue weighted by molar-refractivity contribution is 7.99. The lowest BCUT2D eigenvalue weighted by Crippen LogP contribution is -2.37. The standard InChI is InChI=1S/C36H35F5N2O4S/c1-21(2)47-30-14-7-11-24(32(30)38)31-22(3)25(19-26-27(36(39,40)41)12-8-13-28(26)37)35-43(34(31)45)29(20-48-35)33(23-9-5-4-6-10-23)42-15-17-46-18-16-44/h4-14,16,21,29,33,42H,15,17-20H2,1-3H3. The molecule has 1 aromatic heterocycles. The van der Waals surface area contributed by atoms with Crippen molar-refractivity contribution < 1.29 is 36.2 Å². The normalized spacial score (nSPS) is 15.1. The molecule has 0 saturated heterocycles. The number of hydrogen-bond donors (Lipinski definition) is 1. The zero-order valence-electron chi connectivity index (χ0n) is 26.6. The van der Waals surface area contributed by atoms with Crippen LogP contribution < -0.4 is 15.6 Å². The molecule has 4 aromatic rings. The molecule has 0 aliphatic carbocycles. The zero-order chi connectivity index (χ0) is 34.6. The van der Waals surface area contributed by atoms with Crippen molar-refractivity contribution >= 4 is 18.0 Å². The van der Waals surface area contributed by atoms with E-state index in [0.717, 1.165) is 23.8 Å². The van der Waals surface area contributed by atoms with Crippen LogP contribution in [-0.4, -0.2) is 42.5 Å². The maximum Gasteiger partial charge on any atom is 0.416 e. The molecule has 0 bridgehead atoms. The van der Waals surface area contributed by atoms with E-state index in [1.807, 2.05) is 30.3 Å². The monoisotopic (exact) mass is 686 g/mol. The first-order valence-electron chi connectivity index (χ1n) is 15.4. The summed E-state index contributed by atoms with van der Waals surface area (Å²) in [7, 11) is 0. The van der Waals surface area contributed by atoms with Gasteiger partial charge in [-0.1, -0.05) is 48.5 Å². The first-order valence-corrected chi connectivity index (χ1v) is 16.4. The summed E-state index contributed by atoms with van der Waals surface area (Å²) in [5, 5.41) is 3.80. The molecule has 12 heteroatoms. The summed E-state index contributed by atoms with van der Waals surface area (Å²) in [5.41, 5.74) is -0.956. The number of hydrogen-bond acceptors (Lipinski definition) is 6. The van der Waals surface area contributed by atoms with Crippen LogP contribution in [0.3, 0.4) is 0 Å². The molecular formula is C36H35F5N2O4S. The van der Waals surface area contributed by atoms with E-state index in [0.29, 0.717) is 29.2 Å². The molecule has 1 aliphatic heterocycles. The van der Waals surface area contributed by atoms with E-state index in [1.54, 1.807) is 26.8 Å². The molecule has 5 rings (SSSR count). The number of thioether (sulfide) groups is 1. The number of pyridine rings is 1. The van der Waals surface area contributed by atoms with Gasteiger partial charge in [0.2, 0.25) is 0 Å². The van der Waals surface area contributed by atoms with Gasteiger partial charge >= 0.3 is 6.18 Å². The van der Waals surface area contributed by atoms with Gasteiger partial charge in [-0.05, 0) is 55.7 Å². The van der Waals surface area contributed by atoms with Gasteiger partial charge in [0.05, 0.1) is 40.9 Å². The van der Waals surface area contributed by atoms with Gasteiger partial charge in [-0.2, -0.15) is 13.2 Å². The topological polar surface area (TPSA) is 69.6 Å². The van der Waals surface area contributed by atoms with E-state index in [-0.39, 0.29) is 41.8 Å². The van der Waals surface area contributed by atoms with Gasteiger partial charge in [0.1, 0.15) is 18.7 Å². The van der Waals surface area contributed by atoms with Gasteiger partial charge in [0.25, 0.3) is 5.56 Å². The fraction of sp³-hybridized carbons (Fsp3) is 0.333. The number of halogens is 5. The Bertz CT molecular complexity index is 1830. The van der Waals surface area contributed by atoms with E-state index in [1.165, 1.54) is 28.5 Å². The number of aromatic nitrogens is 1. The van der Waals surface area contributed by atoms with E-state index >= 15 is 8.78 Å². The number of rotatable bonds is 13. The molecule has 3 aromatic carbocycles. The molecule has 2 heterocycles. The van der Waals surface area contributed by atoms with Crippen LogP contribution >= 0.6 is 11.8 Å². The number of aldehydes is 1. The molecule has 0 saturated carbocycles. The number of carbonyl (C=O) groups excluding carboxylic acids is 1. The third-order valence-corrected chi connectivity index (χ3v) is 9.40. The largest absolute Gasteiger partial charge is 0.488 e. The fourth-order valence-electron chi connectivity index (χ4n) is 6.08. The minimum absolute atomic E-state index is 0.0426. The smallest absolute Gasteiger partial charge is 0.416 e. The minimum atomic E-state index is -4.83. The van der Waals surface area contributed by atoms with Gasteiger partial charge < -0.3 is 19.6 Å². The van der Waals surface area contributed by atoms with Gasteiger partial charge in [0.15, 0.2) is 11.6 Å². The highest BCUT2D eigenvalue weighted by atomic mass is 32.2. The third kappa shape index (κ3) is 7.35. The Morgan fingerprint density at radius 1 is 1.02 bits per heavy atom. The van der Waals surface area contributed by atoms with Crippen LogP contribution in [0.25, 0.3) is 11.1 Å². The second-order valence-electron chi connectivity index (χ2n) is 11.6. The van der Waals surface area contributed by atoms with Crippen LogP contribution in [0.2, 0.25) is 0 Å². The maximum atomic E-state index is 16.1. The van der Waals surface area contributed by atoms with Crippen molar-refractivity contribution in [3.05, 3.63) is 117 Å². The quantitative estimate of drug-likeness (QED) is 0.0884. The van der Waals surface area contributed by atoms with Gasteiger partial charge in [-0.25, -0.2) is 8.78 Å². The van der Waals surface area contributed by atoms with Crippen LogP contribution in [0.1, 0.15) is 53.7 Å². The average molecular weight is 687 g/mol. The van der Waals surface area contributed by atoms with Gasteiger partial charge in [-0.3, -0.25) is 9.36 Å². The predicted octanol–water partition coefficient (Wildman–Crippen LogP) is 7.69. The lowest BCUT2D eigenvalue weighted by Gasteiger charge is -2.28. The van der Waals surface area contributed by atoms with Crippen LogP contribution in [-0.2, 0) is 22.1 Å². The fourth-order valence-corrected chi connectivity index (χ4v) is 7.51. The molecule has 2 unspecified atom stereocenters. The van der Waals surface area contributed by atoms with Crippen molar-refractivity contribution in [2.75, 3.05) is 25.5 Å². The van der Waals surface area contributed by atoms with Crippen molar-refractivity contribution in [3.8, 4) is 16.9 Å². The number of ether oxygens (including phenoxy) is 2. The Morgan fingerprint density at radius 2 is 1.75 bits per heavy atom. The van der Waals surface area contributed by atoms with E-state index in [2.05, 4.69) is 5.32 Å². The van der Waals surface area contributed by atoms with Crippen molar-refractivity contribution in [1.82, 2.24) is 9.88 Å². The molecule has 0 fully saturated rings. The van der Waals surface area contributed by atoms with E-state index < -0.39 is 53.0 Å². The Balaban J connectivity index is 1.74. The molecule has 254 valence electrons. The SMILES string of the molecule is Cc1c(Cc2c(F)cccc2C(F)(F)F)c2n(c(=O)c1-c1cccc(OC(C)C)c1F)C(C(NCCOCC=O)c1ccccc1)CS2. The van der Waals surface area contributed by atoms with Crippen LogP contribution in [0.4, 0.5) is 22.0 Å². The van der Waals surface area contributed by atoms with Crippen molar-refractivity contribution in [2.45, 2.75) is 56.6 Å². The number of fused-ring (bicyclic) bond motifs is 1. The summed E-state index contributed by atoms with van der Waals surface area (Å²) in [6.45, 7) is 5.46. The molecule has 1 N–H and O–H groups in total. The molecule has 2 atom stereocenters. The first-order chi connectivity index (χ1) is 22.9. The maximum absolute atomic E-state index is 16.1. The lowest BCUT2D eigenvalue weighted by atomic mass is 9.91. The van der Waals surface area contributed by atoms with E-state index in [4.69, 9.17) is 9.47 Å². The second kappa shape index (κ2) is 15.0. The molecule has 1 aliphatic rings. The Labute approximate surface area is 279 Å². The summed E-state index contributed by atoms with van der Waals surface area (Å²) < 4.78 is 86.3. The van der Waals surface area contributed by atoms with Crippen LogP contribution in [0.5, 0.6) is 5.75 Å². The number of nitrogens with one attached hydrogen (secondary N) is 1. The summed E-state index contributed by atoms with van der Waals surface area (Å²) in [6, 6.07) is 15.5. The first kappa shape index (κ1) is 35.3. The molecule has 0 amide bonds. The van der Waals surface area contributed by atoms with Gasteiger partial charge in [0, 0.05) is 29.8 Å². The minimum Gasteiger partial charge on any atom is -0.488 e. The van der Waals surface area contributed by atoms with Crippen LogP contribution in [0.15, 0.2) is 76.6 Å². The zero-order valence-corrected chi connectivity index (χ0v) is 27.4. The number of carbonyl (C=O) groups is 1. The Kier molecular flexibility index (Phi) is 11.1. The van der Waals surface area contributed by atoms with Crippen LogP contribution in [0, 0.1) is 18.6 Å². The summed E-state index contributed by atoms with van der Waals surface area (Å²) in [4.78, 5) is 25.4. The lowest BCUT2D eigenvalue weighted by molar-refractivity contribution is -0.138. The number of alkyl halides is 3. The second-order valence-corrected chi connectivity index (χ2v) is 12.7. The highest BCUT2D eigenvalue weighted by Gasteiger charge is 2.38. The highest BCUT2D eigenvalue weighted by Crippen LogP contribution is 2.45. The van der Waals surface area contributed by atoms with Crippen molar-refractivity contribution in [2.24, 2.45) is 0 Å². The summed E-state index contributed by atoms with van der Waals surface area (Å²) in [6.07, 6.45) is -5.04. The summed E-state index contributed by atoms with van der Waals surface area (Å²) >= 11 is 1.28. The summed E-state index contributed by atoms with van der Waals surface area (Å²) in [5.74, 6) is -1.55. The molecular weight excluding hydrogens is 651 g/mol.